The van der Waals surface area contributed by atoms with E-state index in [1.54, 1.807) is 18.3 Å². The van der Waals surface area contributed by atoms with Gasteiger partial charge in [-0.2, -0.15) is 4.98 Å². The van der Waals surface area contributed by atoms with Crippen molar-refractivity contribution in [2.45, 2.75) is 43.5 Å². The van der Waals surface area contributed by atoms with Crippen LogP contribution in [0.3, 0.4) is 0 Å². The maximum absolute atomic E-state index is 12.4. The lowest BCUT2D eigenvalue weighted by Gasteiger charge is -2.12. The van der Waals surface area contributed by atoms with Gasteiger partial charge in [0.2, 0.25) is 11.7 Å². The molecule has 0 aliphatic carbocycles. The summed E-state index contributed by atoms with van der Waals surface area (Å²) in [6.07, 6.45) is 5.70. The molecule has 2 fully saturated rings. The van der Waals surface area contributed by atoms with Gasteiger partial charge in [0.1, 0.15) is 22.8 Å². The van der Waals surface area contributed by atoms with E-state index in [9.17, 15) is 8.42 Å². The average molecular weight is 378 g/mol. The molecule has 1 N–H and O–H groups in total. The Morgan fingerprint density at radius 3 is 3.00 bits per heavy atom. The lowest BCUT2D eigenvalue weighted by molar-refractivity contribution is 0.223. The summed E-state index contributed by atoms with van der Waals surface area (Å²) in [5.74, 6) is 1.31. The van der Waals surface area contributed by atoms with Crippen LogP contribution in [0.1, 0.15) is 43.2 Å². The first-order valence-corrected chi connectivity index (χ1v) is 10.7. The third-order valence-corrected chi connectivity index (χ3v) is 6.99. The van der Waals surface area contributed by atoms with E-state index in [1.165, 1.54) is 0 Å². The van der Waals surface area contributed by atoms with Gasteiger partial charge in [-0.1, -0.05) is 18.0 Å². The van der Waals surface area contributed by atoms with Crippen LogP contribution in [0.25, 0.3) is 11.5 Å². The Labute approximate surface area is 152 Å². The smallest absolute Gasteiger partial charge is 0.245 e. The Morgan fingerprint density at radius 1 is 1.23 bits per heavy atom. The van der Waals surface area contributed by atoms with Crippen molar-refractivity contribution in [1.82, 2.24) is 20.4 Å². The predicted molar refractivity (Wildman–Crippen MR) is 94.4 cm³/mol. The van der Waals surface area contributed by atoms with E-state index in [1.807, 2.05) is 0 Å². The second-order valence-corrected chi connectivity index (χ2v) is 9.07. The maximum atomic E-state index is 12.4. The molecule has 2 aromatic heterocycles. The third kappa shape index (κ3) is 3.73. The Morgan fingerprint density at radius 2 is 2.15 bits per heavy atom. The fourth-order valence-electron chi connectivity index (χ4n) is 3.41. The zero-order valence-electron chi connectivity index (χ0n) is 14.4. The number of hydrogen-bond acceptors (Lipinski definition) is 8. The summed E-state index contributed by atoms with van der Waals surface area (Å²) in [7, 11) is -3.25. The molecule has 0 spiro atoms. The monoisotopic (exact) mass is 378 g/mol. The summed E-state index contributed by atoms with van der Waals surface area (Å²) in [6.45, 7) is 1.77. The maximum Gasteiger partial charge on any atom is 0.245 e. The minimum absolute atomic E-state index is 0.141. The van der Waals surface area contributed by atoms with Gasteiger partial charge >= 0.3 is 0 Å². The van der Waals surface area contributed by atoms with Crippen LogP contribution in [-0.4, -0.2) is 48.5 Å². The molecule has 2 unspecified atom stereocenters. The van der Waals surface area contributed by atoms with Crippen LogP contribution < -0.4 is 10.1 Å². The summed E-state index contributed by atoms with van der Waals surface area (Å²) in [4.78, 5) is 8.59. The Balaban J connectivity index is 1.55. The largest absolute Gasteiger partial charge is 0.489 e. The molecule has 0 bridgehead atoms. The topological polar surface area (TPSA) is 107 Å². The molecule has 8 nitrogen and oxygen atoms in total. The lowest BCUT2D eigenvalue weighted by atomic mass is 10.1. The molecule has 4 rings (SSSR count). The normalized spacial score (nSPS) is 25.7. The van der Waals surface area contributed by atoms with Gasteiger partial charge in [0.25, 0.3) is 0 Å². The van der Waals surface area contributed by atoms with Gasteiger partial charge in [0, 0.05) is 18.8 Å². The van der Waals surface area contributed by atoms with Gasteiger partial charge in [-0.15, -0.1) is 0 Å². The van der Waals surface area contributed by atoms with E-state index in [-0.39, 0.29) is 23.6 Å². The van der Waals surface area contributed by atoms with Crippen molar-refractivity contribution in [3.63, 3.8) is 0 Å². The van der Waals surface area contributed by atoms with E-state index in [0.29, 0.717) is 24.3 Å². The minimum atomic E-state index is -3.25. The highest BCUT2D eigenvalue weighted by atomic mass is 32.2. The van der Waals surface area contributed by atoms with Crippen molar-refractivity contribution in [1.29, 1.82) is 0 Å². The summed E-state index contributed by atoms with van der Waals surface area (Å²) in [5, 5.41) is 6.49. The van der Waals surface area contributed by atoms with Crippen LogP contribution in [0, 0.1) is 0 Å². The summed E-state index contributed by atoms with van der Waals surface area (Å²) in [6, 6.07) is 3.55. The Bertz CT molecular complexity index is 861. The fourth-order valence-corrected chi connectivity index (χ4v) is 5.23. The summed E-state index contributed by atoms with van der Waals surface area (Å²) in [5.41, 5.74) is 0.509. The van der Waals surface area contributed by atoms with Gasteiger partial charge < -0.3 is 14.6 Å². The molecule has 9 heteroatoms. The average Bonchev–Trinajstić information content (AvgIpc) is 3.27. The SMILES string of the molecule is O=S1(=O)CCCCCC1c1nc(-c2cc(OC3CCNC3)ccn2)no1. The Hall–Kier alpha value is -2.00. The van der Waals surface area contributed by atoms with Crippen LogP contribution in [-0.2, 0) is 9.84 Å². The van der Waals surface area contributed by atoms with E-state index in [0.717, 1.165) is 32.4 Å². The first kappa shape index (κ1) is 17.4. The molecular weight excluding hydrogens is 356 g/mol. The van der Waals surface area contributed by atoms with Crippen molar-refractivity contribution in [3.05, 3.63) is 24.2 Å². The number of rotatable bonds is 4. The van der Waals surface area contributed by atoms with Crippen LogP contribution in [0.15, 0.2) is 22.9 Å². The highest BCUT2D eigenvalue weighted by Gasteiger charge is 2.33. The third-order valence-electron chi connectivity index (χ3n) is 4.82. The molecule has 0 aromatic carbocycles. The second kappa shape index (κ2) is 7.32. The van der Waals surface area contributed by atoms with Crippen molar-refractivity contribution < 1.29 is 17.7 Å². The van der Waals surface area contributed by atoms with E-state index >= 15 is 0 Å². The zero-order chi connectivity index (χ0) is 18.0. The minimum Gasteiger partial charge on any atom is -0.489 e. The van der Waals surface area contributed by atoms with Gasteiger partial charge in [-0.3, -0.25) is 4.98 Å². The lowest BCUT2D eigenvalue weighted by Crippen LogP contribution is -2.19. The van der Waals surface area contributed by atoms with Gasteiger partial charge in [-0.25, -0.2) is 8.42 Å². The number of pyridine rings is 1. The molecule has 26 heavy (non-hydrogen) atoms. The molecule has 2 aliphatic rings. The van der Waals surface area contributed by atoms with E-state index in [2.05, 4.69) is 20.4 Å². The molecule has 4 heterocycles. The van der Waals surface area contributed by atoms with Crippen LogP contribution >= 0.6 is 0 Å². The zero-order valence-corrected chi connectivity index (χ0v) is 15.2. The summed E-state index contributed by atoms with van der Waals surface area (Å²) < 4.78 is 36.1. The molecule has 0 saturated carbocycles. The van der Waals surface area contributed by atoms with E-state index in [4.69, 9.17) is 9.26 Å². The van der Waals surface area contributed by atoms with Crippen molar-refractivity contribution in [3.8, 4) is 17.3 Å². The molecule has 2 atom stereocenters. The molecule has 2 saturated heterocycles. The van der Waals surface area contributed by atoms with Crippen molar-refractivity contribution in [2.24, 2.45) is 0 Å². The van der Waals surface area contributed by atoms with Crippen LogP contribution in [0.4, 0.5) is 0 Å². The van der Waals surface area contributed by atoms with Crippen molar-refractivity contribution in [2.75, 3.05) is 18.8 Å². The predicted octanol–water partition coefficient (Wildman–Crippen LogP) is 1.90. The number of sulfone groups is 1. The highest BCUT2D eigenvalue weighted by molar-refractivity contribution is 7.91. The number of nitrogens with zero attached hydrogens (tertiary/aromatic N) is 3. The molecule has 0 radical (unpaired) electrons. The fraction of sp³-hybridized carbons (Fsp3) is 0.588. The number of aromatic nitrogens is 3. The summed E-state index contributed by atoms with van der Waals surface area (Å²) >= 11 is 0. The van der Waals surface area contributed by atoms with Gasteiger partial charge in [-0.05, 0) is 31.9 Å². The first-order chi connectivity index (χ1) is 12.6. The first-order valence-electron chi connectivity index (χ1n) is 9.01. The van der Waals surface area contributed by atoms with Crippen LogP contribution in [0.2, 0.25) is 0 Å². The highest BCUT2D eigenvalue weighted by Crippen LogP contribution is 2.32. The molecular formula is C17H22N4O4S. The molecule has 2 aromatic rings. The standard InChI is InChI=1S/C17H22N4O4S/c22-26(23)9-3-1-2-4-15(26)17-20-16(21-25-17)14-10-12(6-8-19-14)24-13-5-7-18-11-13/h6,8,10,13,15,18H,1-5,7,9,11H2. The molecule has 0 amide bonds. The number of nitrogens with one attached hydrogen (secondary N) is 1. The van der Waals surface area contributed by atoms with Gasteiger partial charge in [0.15, 0.2) is 9.84 Å². The number of ether oxygens (including phenoxy) is 1. The van der Waals surface area contributed by atoms with E-state index < -0.39 is 15.1 Å². The molecule has 2 aliphatic heterocycles. The van der Waals surface area contributed by atoms with Crippen molar-refractivity contribution >= 4 is 9.84 Å². The van der Waals surface area contributed by atoms with Crippen LogP contribution in [0.5, 0.6) is 5.75 Å². The second-order valence-electron chi connectivity index (χ2n) is 6.77. The molecule has 140 valence electrons. The van der Waals surface area contributed by atoms with Gasteiger partial charge in [0.05, 0.1) is 5.75 Å². The number of hydrogen-bond donors (Lipinski definition) is 1. The Kier molecular flexibility index (Phi) is 4.90. The quantitative estimate of drug-likeness (QED) is 0.860.